The zero-order valence-electron chi connectivity index (χ0n) is 10.0. The summed E-state index contributed by atoms with van der Waals surface area (Å²) in [6.45, 7) is 4.44. The molecule has 17 heavy (non-hydrogen) atoms. The van der Waals surface area contributed by atoms with Gasteiger partial charge in [-0.25, -0.2) is 8.78 Å². The van der Waals surface area contributed by atoms with Crippen molar-refractivity contribution in [2.45, 2.75) is 38.5 Å². The summed E-state index contributed by atoms with van der Waals surface area (Å²) in [5.74, 6) is -1.01. The molecule has 1 aliphatic rings. The Bertz CT molecular complexity index is 377. The summed E-state index contributed by atoms with van der Waals surface area (Å²) in [5, 5.41) is 3.22. The molecule has 0 aromatic heterocycles. The van der Waals surface area contributed by atoms with Crippen LogP contribution in [0.25, 0.3) is 0 Å². The SMILES string of the molecule is CC(NC1CCOC1C)c1c(F)cccc1F. The van der Waals surface area contributed by atoms with Crippen molar-refractivity contribution in [3.8, 4) is 0 Å². The van der Waals surface area contributed by atoms with Crippen LogP contribution < -0.4 is 5.32 Å². The van der Waals surface area contributed by atoms with Crippen LogP contribution in [-0.2, 0) is 4.74 Å². The molecule has 3 atom stereocenters. The second kappa shape index (κ2) is 5.10. The van der Waals surface area contributed by atoms with Crippen molar-refractivity contribution in [2.24, 2.45) is 0 Å². The monoisotopic (exact) mass is 241 g/mol. The first kappa shape index (κ1) is 12.5. The maximum absolute atomic E-state index is 13.6. The van der Waals surface area contributed by atoms with Crippen molar-refractivity contribution in [1.82, 2.24) is 5.32 Å². The van der Waals surface area contributed by atoms with Crippen LogP contribution in [0.4, 0.5) is 8.78 Å². The molecule has 2 rings (SSSR count). The molecule has 1 aromatic carbocycles. The van der Waals surface area contributed by atoms with E-state index in [0.29, 0.717) is 6.61 Å². The van der Waals surface area contributed by atoms with E-state index in [2.05, 4.69) is 5.32 Å². The number of rotatable bonds is 3. The Hall–Kier alpha value is -1.00. The normalized spacial score (nSPS) is 26.1. The third kappa shape index (κ3) is 2.64. The third-order valence-corrected chi connectivity index (χ3v) is 3.27. The number of ether oxygens (including phenoxy) is 1. The lowest BCUT2D eigenvalue weighted by Gasteiger charge is -2.22. The van der Waals surface area contributed by atoms with Gasteiger partial charge in [0.05, 0.1) is 6.10 Å². The number of halogens is 2. The van der Waals surface area contributed by atoms with Crippen LogP contribution in [0.5, 0.6) is 0 Å². The van der Waals surface area contributed by atoms with Crippen LogP contribution >= 0.6 is 0 Å². The van der Waals surface area contributed by atoms with Gasteiger partial charge in [-0.1, -0.05) is 6.07 Å². The first-order valence-corrected chi connectivity index (χ1v) is 5.91. The highest BCUT2D eigenvalue weighted by atomic mass is 19.1. The molecule has 0 aliphatic carbocycles. The van der Waals surface area contributed by atoms with E-state index in [1.165, 1.54) is 18.2 Å². The Labute approximate surface area is 100.0 Å². The van der Waals surface area contributed by atoms with Gasteiger partial charge in [-0.15, -0.1) is 0 Å². The molecular weight excluding hydrogens is 224 g/mol. The highest BCUT2D eigenvalue weighted by Crippen LogP contribution is 2.23. The predicted octanol–water partition coefficient (Wildman–Crippen LogP) is 2.79. The summed E-state index contributed by atoms with van der Waals surface area (Å²) in [4.78, 5) is 0. The molecule has 4 heteroatoms. The summed E-state index contributed by atoms with van der Waals surface area (Å²) in [7, 11) is 0. The number of benzene rings is 1. The fourth-order valence-corrected chi connectivity index (χ4v) is 2.28. The van der Waals surface area contributed by atoms with Gasteiger partial charge >= 0.3 is 0 Å². The third-order valence-electron chi connectivity index (χ3n) is 3.27. The standard InChI is InChI=1S/C13H17F2NO/c1-8(16-12-6-7-17-9(12)2)13-10(14)4-3-5-11(13)15/h3-5,8-9,12,16H,6-7H2,1-2H3. The van der Waals surface area contributed by atoms with Gasteiger partial charge in [-0.2, -0.15) is 0 Å². The predicted molar refractivity (Wildman–Crippen MR) is 61.7 cm³/mol. The van der Waals surface area contributed by atoms with Crippen LogP contribution in [0.3, 0.4) is 0 Å². The average Bonchev–Trinajstić information content (AvgIpc) is 2.64. The van der Waals surface area contributed by atoms with Crippen molar-refractivity contribution >= 4 is 0 Å². The highest BCUT2D eigenvalue weighted by molar-refractivity contribution is 5.23. The van der Waals surface area contributed by atoms with Gasteiger partial charge in [0, 0.05) is 24.3 Å². The van der Waals surface area contributed by atoms with E-state index in [9.17, 15) is 8.78 Å². The van der Waals surface area contributed by atoms with Crippen LogP contribution in [0, 0.1) is 11.6 Å². The van der Waals surface area contributed by atoms with Crippen molar-refractivity contribution in [3.63, 3.8) is 0 Å². The number of nitrogens with one attached hydrogen (secondary N) is 1. The summed E-state index contributed by atoms with van der Waals surface area (Å²) >= 11 is 0. The number of hydrogen-bond donors (Lipinski definition) is 1. The van der Waals surface area contributed by atoms with Gasteiger partial charge in [0.25, 0.3) is 0 Å². The van der Waals surface area contributed by atoms with Crippen LogP contribution in [0.1, 0.15) is 31.9 Å². The lowest BCUT2D eigenvalue weighted by Crippen LogP contribution is -2.37. The Kier molecular flexibility index (Phi) is 3.74. The molecule has 1 heterocycles. The van der Waals surface area contributed by atoms with E-state index in [1.807, 2.05) is 6.92 Å². The van der Waals surface area contributed by atoms with Gasteiger partial charge in [0.15, 0.2) is 0 Å². The van der Waals surface area contributed by atoms with E-state index >= 15 is 0 Å². The molecule has 2 nitrogen and oxygen atoms in total. The van der Waals surface area contributed by atoms with Crippen molar-refractivity contribution in [2.75, 3.05) is 6.61 Å². The molecule has 0 bridgehead atoms. The Morgan fingerprint density at radius 1 is 1.35 bits per heavy atom. The zero-order chi connectivity index (χ0) is 12.4. The van der Waals surface area contributed by atoms with Crippen molar-refractivity contribution in [3.05, 3.63) is 35.4 Å². The zero-order valence-corrected chi connectivity index (χ0v) is 10.0. The fourth-order valence-electron chi connectivity index (χ4n) is 2.28. The van der Waals surface area contributed by atoms with Gasteiger partial charge in [-0.05, 0) is 32.4 Å². The van der Waals surface area contributed by atoms with Crippen LogP contribution in [0.2, 0.25) is 0 Å². The van der Waals surface area contributed by atoms with Gasteiger partial charge in [0.1, 0.15) is 11.6 Å². The van der Waals surface area contributed by atoms with Crippen molar-refractivity contribution < 1.29 is 13.5 Å². The number of hydrogen-bond acceptors (Lipinski definition) is 2. The lowest BCUT2D eigenvalue weighted by molar-refractivity contribution is 0.111. The van der Waals surface area contributed by atoms with Gasteiger partial charge in [-0.3, -0.25) is 0 Å². The first-order valence-electron chi connectivity index (χ1n) is 5.91. The van der Waals surface area contributed by atoms with Crippen LogP contribution in [0.15, 0.2) is 18.2 Å². The van der Waals surface area contributed by atoms with E-state index < -0.39 is 11.6 Å². The molecule has 1 aliphatic heterocycles. The Morgan fingerprint density at radius 3 is 2.53 bits per heavy atom. The summed E-state index contributed by atoms with van der Waals surface area (Å²) in [6.07, 6.45) is 0.967. The van der Waals surface area contributed by atoms with E-state index in [1.54, 1.807) is 6.92 Å². The molecule has 1 saturated heterocycles. The van der Waals surface area contributed by atoms with Crippen molar-refractivity contribution in [1.29, 1.82) is 0 Å². The lowest BCUT2D eigenvalue weighted by atomic mass is 10.0. The maximum Gasteiger partial charge on any atom is 0.130 e. The molecule has 1 fully saturated rings. The molecule has 0 radical (unpaired) electrons. The minimum atomic E-state index is -0.503. The van der Waals surface area contributed by atoms with Gasteiger partial charge in [0.2, 0.25) is 0 Å². The molecule has 0 spiro atoms. The Balaban J connectivity index is 2.11. The minimum Gasteiger partial charge on any atom is -0.377 e. The second-order valence-electron chi connectivity index (χ2n) is 4.49. The quantitative estimate of drug-likeness (QED) is 0.878. The van der Waals surface area contributed by atoms with Crippen LogP contribution in [-0.4, -0.2) is 18.8 Å². The van der Waals surface area contributed by atoms with E-state index in [4.69, 9.17) is 4.74 Å². The first-order chi connectivity index (χ1) is 8.09. The molecule has 3 unspecified atom stereocenters. The smallest absolute Gasteiger partial charge is 0.130 e. The largest absolute Gasteiger partial charge is 0.377 e. The average molecular weight is 241 g/mol. The fraction of sp³-hybridized carbons (Fsp3) is 0.538. The van der Waals surface area contributed by atoms with Gasteiger partial charge < -0.3 is 10.1 Å². The van der Waals surface area contributed by atoms with E-state index in [0.717, 1.165) is 6.42 Å². The molecular formula is C13H17F2NO. The highest BCUT2D eigenvalue weighted by Gasteiger charge is 2.27. The molecule has 1 aromatic rings. The summed E-state index contributed by atoms with van der Waals surface area (Å²) < 4.78 is 32.5. The maximum atomic E-state index is 13.6. The molecule has 0 amide bonds. The summed E-state index contributed by atoms with van der Waals surface area (Å²) in [5.41, 5.74) is 0.103. The minimum absolute atomic E-state index is 0.0901. The molecule has 1 N–H and O–H groups in total. The molecule has 94 valence electrons. The topological polar surface area (TPSA) is 21.3 Å². The van der Waals surface area contributed by atoms with E-state index in [-0.39, 0.29) is 23.8 Å². The summed E-state index contributed by atoms with van der Waals surface area (Å²) in [6, 6.07) is 3.74. The molecule has 0 saturated carbocycles. The second-order valence-corrected chi connectivity index (χ2v) is 4.49. The Morgan fingerprint density at radius 2 is 2.00 bits per heavy atom.